The summed E-state index contributed by atoms with van der Waals surface area (Å²) in [4.78, 5) is 41.1. The van der Waals surface area contributed by atoms with Crippen molar-refractivity contribution in [1.82, 2.24) is 19.6 Å². The Morgan fingerprint density at radius 1 is 0.944 bits per heavy atom. The third-order valence-electron chi connectivity index (χ3n) is 16.3. The molecule has 1 amide bonds. The molecule has 5 aromatic rings. The van der Waals surface area contributed by atoms with Gasteiger partial charge in [0.2, 0.25) is 5.88 Å². The lowest BCUT2D eigenvalue weighted by molar-refractivity contribution is -0.384. The lowest BCUT2D eigenvalue weighted by Crippen LogP contribution is -2.58. The van der Waals surface area contributed by atoms with Gasteiger partial charge in [0.05, 0.1) is 58.6 Å². The number of hydrogen-bond acceptors (Lipinski definition) is 14. The minimum atomic E-state index is -4.62. The summed E-state index contributed by atoms with van der Waals surface area (Å²) in [7, 11) is -4.62. The molecule has 0 radical (unpaired) electrons. The van der Waals surface area contributed by atoms with E-state index in [0.717, 1.165) is 81.9 Å². The van der Waals surface area contributed by atoms with Gasteiger partial charge >= 0.3 is 0 Å². The Hall–Kier alpha value is -5.50. The van der Waals surface area contributed by atoms with Gasteiger partial charge in [-0.2, -0.15) is 4.98 Å². The Morgan fingerprint density at radius 2 is 1.72 bits per heavy atom. The molecule has 378 valence electrons. The molecule has 0 bridgehead atoms. The Labute approximate surface area is 420 Å². The number of aromatic amines is 1. The van der Waals surface area contributed by atoms with Gasteiger partial charge in [0.25, 0.3) is 21.6 Å². The van der Waals surface area contributed by atoms with Crippen LogP contribution in [0.1, 0.15) is 92.2 Å². The Morgan fingerprint density at radius 3 is 2.49 bits per heavy atom. The summed E-state index contributed by atoms with van der Waals surface area (Å²) in [5, 5.41) is 26.7. The van der Waals surface area contributed by atoms with E-state index < -0.39 is 43.1 Å². The van der Waals surface area contributed by atoms with Crippen molar-refractivity contribution in [3.8, 4) is 5.88 Å². The molecule has 19 heteroatoms. The fourth-order valence-electron chi connectivity index (χ4n) is 12.1. The standard InChI is InChI=1S/C52H62N8O9S.ClH/c1-33-5-3-4-6-39(33)46-31-68-24-22-58(46)37-28-52(29-37)17-20-57(21-18-52)36-7-9-40(43(26-36)59-42-14-23-67-32-47(42)69-50-45(59)25-35-13-19-53-48(35)55-50)49(61)56-70(65,66)38-8-10-41(44(27-38)60(63)64)54-30-34-11-15-51(2,62)16-12-34;/h3-10,13,19,25-27,34,37,42,46-47,54,62H,11-12,14-18,20-24,28-32H2,1-2H3,(H,53,55)(H,56,61);1H/t34?,42-,46-,47-,51?;/m0./s1. The first-order valence-electron chi connectivity index (χ1n) is 24.8. The smallest absolute Gasteiger partial charge is 0.293 e. The number of sulfonamides is 1. The largest absolute Gasteiger partial charge is 0.468 e. The first-order chi connectivity index (χ1) is 33.7. The molecule has 1 spiro atoms. The molecule has 3 aromatic carbocycles. The zero-order chi connectivity index (χ0) is 48.4. The first-order valence-corrected chi connectivity index (χ1v) is 26.3. The summed E-state index contributed by atoms with van der Waals surface area (Å²) in [6.45, 7) is 9.24. The van der Waals surface area contributed by atoms with Crippen LogP contribution < -0.4 is 24.6 Å². The van der Waals surface area contributed by atoms with Gasteiger partial charge in [-0.15, -0.1) is 12.4 Å². The molecule has 2 saturated carbocycles. The van der Waals surface area contributed by atoms with Crippen LogP contribution in [-0.4, -0.2) is 116 Å². The maximum atomic E-state index is 14.7. The highest BCUT2D eigenvalue weighted by atomic mass is 35.5. The van der Waals surface area contributed by atoms with E-state index in [4.69, 9.17) is 19.2 Å². The van der Waals surface area contributed by atoms with Crippen LogP contribution in [0.25, 0.3) is 11.0 Å². The van der Waals surface area contributed by atoms with Crippen LogP contribution in [0.3, 0.4) is 0 Å². The predicted octanol–water partition coefficient (Wildman–Crippen LogP) is 8.18. The Bertz CT molecular complexity index is 2910. The summed E-state index contributed by atoms with van der Waals surface area (Å²) in [6.07, 6.45) is 9.10. The van der Waals surface area contributed by atoms with Crippen molar-refractivity contribution in [2.24, 2.45) is 11.3 Å². The number of nitrogens with zero attached hydrogens (tertiary/aromatic N) is 5. The molecule has 17 nitrogen and oxygen atoms in total. The van der Waals surface area contributed by atoms with Gasteiger partial charge in [0.1, 0.15) is 23.1 Å². The molecule has 6 aliphatic rings. The van der Waals surface area contributed by atoms with Crippen molar-refractivity contribution in [3.05, 3.63) is 106 Å². The van der Waals surface area contributed by atoms with Crippen molar-refractivity contribution in [1.29, 1.82) is 0 Å². The Kier molecular flexibility index (Phi) is 13.5. The molecule has 11 rings (SSSR count). The summed E-state index contributed by atoms with van der Waals surface area (Å²) in [5.74, 6) is -0.312. The van der Waals surface area contributed by atoms with Crippen LogP contribution in [0.2, 0.25) is 0 Å². The van der Waals surface area contributed by atoms with Crippen LogP contribution in [-0.2, 0) is 19.5 Å². The van der Waals surface area contributed by atoms with Gasteiger partial charge in [-0.25, -0.2) is 13.1 Å². The second kappa shape index (κ2) is 19.5. The molecule has 4 N–H and O–H groups in total. The molecular weight excluding hydrogens is 948 g/mol. The van der Waals surface area contributed by atoms with E-state index in [1.54, 1.807) is 12.3 Å². The van der Waals surface area contributed by atoms with Gasteiger partial charge in [0, 0.05) is 62.2 Å². The van der Waals surface area contributed by atoms with Gasteiger partial charge in [0.15, 0.2) is 0 Å². The second-order valence-corrected chi connectivity index (χ2v) is 22.5. The minimum absolute atomic E-state index is 0. The number of fused-ring (bicyclic) bond motifs is 3. The van der Waals surface area contributed by atoms with Gasteiger partial charge in [-0.05, 0) is 137 Å². The highest BCUT2D eigenvalue weighted by Crippen LogP contribution is 2.54. The highest BCUT2D eigenvalue weighted by Gasteiger charge is 2.50. The number of hydrogen-bond donors (Lipinski definition) is 4. The number of aromatic nitrogens is 2. The van der Waals surface area contributed by atoms with E-state index in [1.807, 2.05) is 31.2 Å². The van der Waals surface area contributed by atoms with E-state index in [1.165, 1.54) is 23.3 Å². The average molecular weight is 1010 g/mol. The molecule has 3 saturated heterocycles. The third-order valence-corrected chi connectivity index (χ3v) is 17.6. The first kappa shape index (κ1) is 49.1. The van der Waals surface area contributed by atoms with E-state index in [0.29, 0.717) is 74.6 Å². The molecule has 2 aliphatic carbocycles. The summed E-state index contributed by atoms with van der Waals surface area (Å²) in [6, 6.07) is 22.2. The number of nitrogens with one attached hydrogen (secondary N) is 3. The highest BCUT2D eigenvalue weighted by molar-refractivity contribution is 7.90. The fourth-order valence-corrected chi connectivity index (χ4v) is 13.1. The number of nitro groups is 1. The number of morpholine rings is 1. The third kappa shape index (κ3) is 9.66. The van der Waals surface area contributed by atoms with Crippen LogP contribution >= 0.6 is 12.4 Å². The quantitative estimate of drug-likeness (QED) is 0.0728. The number of anilines is 4. The number of ether oxygens (including phenoxy) is 3. The summed E-state index contributed by atoms with van der Waals surface area (Å²) >= 11 is 0. The molecule has 71 heavy (non-hydrogen) atoms. The minimum Gasteiger partial charge on any atom is -0.468 e. The van der Waals surface area contributed by atoms with Crippen LogP contribution in [0, 0.1) is 28.4 Å². The van der Waals surface area contributed by atoms with Gasteiger partial charge < -0.3 is 39.4 Å². The van der Waals surface area contributed by atoms with E-state index in [9.17, 15) is 28.4 Å². The number of nitro benzene ring substituents is 1. The van der Waals surface area contributed by atoms with E-state index in [2.05, 4.69) is 60.9 Å². The van der Waals surface area contributed by atoms with E-state index in [-0.39, 0.29) is 47.1 Å². The number of rotatable bonds is 11. The number of carbonyl (C=O) groups excluding carboxylic acids is 1. The molecule has 6 heterocycles. The van der Waals surface area contributed by atoms with Crippen molar-refractivity contribution in [3.63, 3.8) is 0 Å². The normalized spacial score (nSPS) is 25.6. The average Bonchev–Trinajstić information content (AvgIpc) is 3.81. The van der Waals surface area contributed by atoms with Crippen LogP contribution in [0.15, 0.2) is 83.9 Å². The number of benzene rings is 3. The second-order valence-electron chi connectivity index (χ2n) is 20.8. The lowest BCUT2D eigenvalue weighted by Gasteiger charge is -2.57. The number of carbonyl (C=O) groups is 1. The number of H-pyrrole nitrogens is 1. The maximum Gasteiger partial charge on any atom is 0.293 e. The zero-order valence-electron chi connectivity index (χ0n) is 40.2. The summed E-state index contributed by atoms with van der Waals surface area (Å²) in [5.41, 5.74) is 4.75. The molecule has 4 aliphatic heterocycles. The zero-order valence-corrected chi connectivity index (χ0v) is 41.8. The SMILES string of the molecule is Cc1ccccc1[C@@H]1COCCN1C1CC2(CCN(c3ccc(C(=O)NS(=O)(=O)c4ccc(NCC5CCC(C)(O)CC5)c([N+](=O)[O-])c4)c(N4c5cc6cc[nH]c6nc5O[C@H]5COCC[C@@H]54)c3)CC2)C1.Cl. The van der Waals surface area contributed by atoms with Crippen molar-refractivity contribution in [2.45, 2.75) is 106 Å². The van der Waals surface area contributed by atoms with Crippen molar-refractivity contribution < 1.29 is 37.5 Å². The van der Waals surface area contributed by atoms with Gasteiger partial charge in [-0.1, -0.05) is 24.3 Å². The molecule has 0 unspecified atom stereocenters. The van der Waals surface area contributed by atoms with Crippen molar-refractivity contribution >= 4 is 67.8 Å². The summed E-state index contributed by atoms with van der Waals surface area (Å²) < 4.78 is 49.0. The number of amides is 1. The Balaban J connectivity index is 0.00000582. The number of halogens is 1. The van der Waals surface area contributed by atoms with Gasteiger partial charge in [-0.3, -0.25) is 19.8 Å². The fraction of sp³-hybridized carbons (Fsp3) is 0.500. The number of piperidine rings is 1. The molecular formula is C52H63ClN8O9S. The van der Waals surface area contributed by atoms with Crippen molar-refractivity contribution in [2.75, 3.05) is 67.7 Å². The maximum absolute atomic E-state index is 14.7. The number of aryl methyl sites for hydroxylation is 1. The van der Waals surface area contributed by atoms with E-state index >= 15 is 0 Å². The van der Waals surface area contributed by atoms with Crippen LogP contribution in [0.4, 0.5) is 28.4 Å². The molecule has 3 atom stereocenters. The molecule has 2 aromatic heterocycles. The number of aliphatic hydroxyl groups is 1. The molecule has 5 fully saturated rings. The monoisotopic (exact) mass is 1010 g/mol. The van der Waals surface area contributed by atoms with Crippen LogP contribution in [0.5, 0.6) is 5.88 Å². The lowest BCUT2D eigenvalue weighted by atomic mass is 9.59. The predicted molar refractivity (Wildman–Crippen MR) is 273 cm³/mol. The number of pyridine rings is 1. The topological polar surface area (TPSA) is 205 Å².